The van der Waals surface area contributed by atoms with Crippen molar-refractivity contribution >= 4 is 6.03 Å². The molecule has 0 radical (unpaired) electrons. The quantitative estimate of drug-likeness (QED) is 0.689. The standard InChI is InChI=1S/C18H30N2O3/c1-6-13(2)18(4,22)12-19-17(21)20-14(3)10-15-8-7-9-16(11-15)23-5/h7-9,11,13-14,22H,6,10,12H2,1-5H3,(H2,19,20,21). The van der Waals surface area contributed by atoms with Gasteiger partial charge in [0.05, 0.1) is 12.7 Å². The highest BCUT2D eigenvalue weighted by molar-refractivity contribution is 5.74. The Morgan fingerprint density at radius 3 is 2.70 bits per heavy atom. The van der Waals surface area contributed by atoms with Crippen LogP contribution in [0.2, 0.25) is 0 Å². The number of ether oxygens (including phenoxy) is 1. The molecule has 3 atom stereocenters. The van der Waals surface area contributed by atoms with Crippen LogP contribution in [0.4, 0.5) is 4.79 Å². The zero-order valence-electron chi connectivity index (χ0n) is 14.8. The molecule has 3 N–H and O–H groups in total. The molecule has 23 heavy (non-hydrogen) atoms. The Hall–Kier alpha value is -1.75. The first-order chi connectivity index (χ1) is 10.8. The number of rotatable bonds is 8. The summed E-state index contributed by atoms with van der Waals surface area (Å²) in [4.78, 5) is 12.0. The normalized spacial score (nSPS) is 16.1. The molecule has 0 aliphatic heterocycles. The van der Waals surface area contributed by atoms with E-state index in [1.165, 1.54) is 0 Å². The zero-order valence-corrected chi connectivity index (χ0v) is 14.8. The topological polar surface area (TPSA) is 70.6 Å². The molecule has 0 aliphatic carbocycles. The second-order valence-electron chi connectivity index (χ2n) is 6.45. The van der Waals surface area contributed by atoms with Crippen LogP contribution in [0.3, 0.4) is 0 Å². The van der Waals surface area contributed by atoms with E-state index in [-0.39, 0.29) is 24.5 Å². The number of benzene rings is 1. The summed E-state index contributed by atoms with van der Waals surface area (Å²) in [6, 6.07) is 7.52. The van der Waals surface area contributed by atoms with Crippen LogP contribution in [0.5, 0.6) is 5.75 Å². The Morgan fingerprint density at radius 1 is 1.39 bits per heavy atom. The first kappa shape index (κ1) is 19.3. The van der Waals surface area contributed by atoms with Crippen molar-refractivity contribution in [2.45, 2.75) is 52.2 Å². The molecule has 1 rings (SSSR count). The highest BCUT2D eigenvalue weighted by Crippen LogP contribution is 2.18. The van der Waals surface area contributed by atoms with E-state index in [4.69, 9.17) is 4.74 Å². The van der Waals surface area contributed by atoms with Crippen molar-refractivity contribution in [3.63, 3.8) is 0 Å². The summed E-state index contributed by atoms with van der Waals surface area (Å²) < 4.78 is 5.20. The Morgan fingerprint density at radius 2 is 2.09 bits per heavy atom. The lowest BCUT2D eigenvalue weighted by Crippen LogP contribution is -2.49. The molecule has 5 heteroatoms. The summed E-state index contributed by atoms with van der Waals surface area (Å²) in [5, 5.41) is 15.9. The molecular formula is C18H30N2O3. The third-order valence-electron chi connectivity index (χ3n) is 4.33. The van der Waals surface area contributed by atoms with Gasteiger partial charge in [0, 0.05) is 12.6 Å². The minimum absolute atomic E-state index is 0.0179. The van der Waals surface area contributed by atoms with Gasteiger partial charge in [-0.25, -0.2) is 4.79 Å². The predicted octanol–water partition coefficient (Wildman–Crippen LogP) is 2.72. The monoisotopic (exact) mass is 322 g/mol. The molecule has 0 aromatic heterocycles. The van der Waals surface area contributed by atoms with E-state index in [2.05, 4.69) is 10.6 Å². The lowest BCUT2D eigenvalue weighted by atomic mass is 9.89. The second kappa shape index (κ2) is 8.77. The molecule has 1 aromatic rings. The molecule has 2 amide bonds. The number of urea groups is 1. The summed E-state index contributed by atoms with van der Waals surface area (Å²) >= 11 is 0. The van der Waals surface area contributed by atoms with Crippen LogP contribution in [0.25, 0.3) is 0 Å². The van der Waals surface area contributed by atoms with E-state index >= 15 is 0 Å². The molecule has 0 saturated heterocycles. The van der Waals surface area contributed by atoms with Crippen molar-refractivity contribution in [2.75, 3.05) is 13.7 Å². The highest BCUT2D eigenvalue weighted by atomic mass is 16.5. The fourth-order valence-electron chi connectivity index (χ4n) is 2.35. The smallest absolute Gasteiger partial charge is 0.315 e. The van der Waals surface area contributed by atoms with E-state index < -0.39 is 5.60 Å². The maximum absolute atomic E-state index is 12.0. The first-order valence-corrected chi connectivity index (χ1v) is 8.18. The lowest BCUT2D eigenvalue weighted by Gasteiger charge is -2.30. The number of methoxy groups -OCH3 is 1. The van der Waals surface area contributed by atoms with E-state index in [1.54, 1.807) is 14.0 Å². The molecule has 0 saturated carbocycles. The van der Waals surface area contributed by atoms with Gasteiger partial charge in [-0.15, -0.1) is 0 Å². The number of carbonyl (C=O) groups is 1. The van der Waals surface area contributed by atoms with Crippen LogP contribution in [-0.2, 0) is 6.42 Å². The molecule has 0 fully saturated rings. The second-order valence-corrected chi connectivity index (χ2v) is 6.45. The summed E-state index contributed by atoms with van der Waals surface area (Å²) in [7, 11) is 1.64. The number of nitrogens with one attached hydrogen (secondary N) is 2. The van der Waals surface area contributed by atoms with Crippen molar-refractivity contribution < 1.29 is 14.6 Å². The summed E-state index contributed by atoms with van der Waals surface area (Å²) in [6.45, 7) is 7.94. The molecule has 130 valence electrons. The van der Waals surface area contributed by atoms with Gasteiger partial charge < -0.3 is 20.5 Å². The molecule has 0 spiro atoms. The largest absolute Gasteiger partial charge is 0.497 e. The van der Waals surface area contributed by atoms with Crippen LogP contribution in [0.15, 0.2) is 24.3 Å². The number of aliphatic hydroxyl groups is 1. The van der Waals surface area contributed by atoms with E-state index in [1.807, 2.05) is 45.0 Å². The van der Waals surface area contributed by atoms with Crippen LogP contribution in [0.1, 0.15) is 39.7 Å². The molecule has 0 aliphatic rings. The fraction of sp³-hybridized carbons (Fsp3) is 0.611. The summed E-state index contributed by atoms with van der Waals surface area (Å²) in [5.41, 5.74) is 0.200. The van der Waals surface area contributed by atoms with Crippen LogP contribution in [-0.4, -0.2) is 36.4 Å². The summed E-state index contributed by atoms with van der Waals surface area (Å²) in [6.07, 6.45) is 1.58. The number of hydrogen-bond acceptors (Lipinski definition) is 3. The molecule has 0 bridgehead atoms. The average Bonchev–Trinajstić information content (AvgIpc) is 2.52. The minimum atomic E-state index is -0.901. The third kappa shape index (κ3) is 6.48. The van der Waals surface area contributed by atoms with Crippen molar-refractivity contribution in [3.05, 3.63) is 29.8 Å². The Labute approximate surface area is 139 Å². The molecule has 3 unspecified atom stereocenters. The van der Waals surface area contributed by atoms with Gasteiger partial charge in [0.25, 0.3) is 0 Å². The zero-order chi connectivity index (χ0) is 17.5. The van der Waals surface area contributed by atoms with Gasteiger partial charge in [-0.05, 0) is 43.9 Å². The number of carbonyl (C=O) groups excluding carboxylic acids is 1. The maximum atomic E-state index is 12.0. The Kier molecular flexibility index (Phi) is 7.36. The SMILES string of the molecule is CCC(C)C(C)(O)CNC(=O)NC(C)Cc1cccc(OC)c1. The highest BCUT2D eigenvalue weighted by Gasteiger charge is 2.27. The van der Waals surface area contributed by atoms with Gasteiger partial charge in [0.1, 0.15) is 5.75 Å². The van der Waals surface area contributed by atoms with Crippen molar-refractivity contribution in [1.29, 1.82) is 0 Å². The lowest BCUT2D eigenvalue weighted by molar-refractivity contribution is 0.00785. The van der Waals surface area contributed by atoms with Crippen LogP contribution < -0.4 is 15.4 Å². The first-order valence-electron chi connectivity index (χ1n) is 8.18. The van der Waals surface area contributed by atoms with Crippen molar-refractivity contribution in [1.82, 2.24) is 10.6 Å². The van der Waals surface area contributed by atoms with Gasteiger partial charge in [-0.2, -0.15) is 0 Å². The maximum Gasteiger partial charge on any atom is 0.315 e. The van der Waals surface area contributed by atoms with Crippen molar-refractivity contribution in [2.24, 2.45) is 5.92 Å². The fourth-order valence-corrected chi connectivity index (χ4v) is 2.35. The van der Waals surface area contributed by atoms with Gasteiger partial charge >= 0.3 is 6.03 Å². The predicted molar refractivity (Wildman–Crippen MR) is 92.8 cm³/mol. The van der Waals surface area contributed by atoms with Crippen molar-refractivity contribution in [3.8, 4) is 5.75 Å². The molecule has 5 nitrogen and oxygen atoms in total. The van der Waals surface area contributed by atoms with Gasteiger partial charge in [-0.1, -0.05) is 32.4 Å². The Bertz CT molecular complexity index is 503. The van der Waals surface area contributed by atoms with Gasteiger partial charge in [-0.3, -0.25) is 0 Å². The minimum Gasteiger partial charge on any atom is -0.497 e. The number of amides is 2. The van der Waals surface area contributed by atoms with E-state index in [0.717, 1.165) is 17.7 Å². The van der Waals surface area contributed by atoms with Gasteiger partial charge in [0.2, 0.25) is 0 Å². The third-order valence-corrected chi connectivity index (χ3v) is 4.33. The number of hydrogen-bond donors (Lipinski definition) is 3. The van der Waals surface area contributed by atoms with E-state index in [9.17, 15) is 9.90 Å². The van der Waals surface area contributed by atoms with Gasteiger partial charge in [0.15, 0.2) is 0 Å². The van der Waals surface area contributed by atoms with E-state index in [0.29, 0.717) is 6.42 Å². The Balaban J connectivity index is 2.44. The average molecular weight is 322 g/mol. The van der Waals surface area contributed by atoms with Crippen LogP contribution in [0, 0.1) is 5.92 Å². The van der Waals surface area contributed by atoms with Crippen LogP contribution >= 0.6 is 0 Å². The molecule has 0 heterocycles. The molecule has 1 aromatic carbocycles. The summed E-state index contributed by atoms with van der Waals surface area (Å²) in [5.74, 6) is 0.931. The molecular weight excluding hydrogens is 292 g/mol.